The molecule has 5 nitrogen and oxygen atoms in total. The van der Waals surface area contributed by atoms with Crippen LogP contribution in [0.5, 0.6) is 0 Å². The number of benzene rings is 1. The third-order valence-electron chi connectivity index (χ3n) is 3.16. The Hall–Kier alpha value is -1.72. The number of nitrogens with one attached hydrogen (secondary N) is 2. The van der Waals surface area contributed by atoms with Crippen LogP contribution in [-0.2, 0) is 11.2 Å². The molecule has 3 N–H and O–H groups in total. The molecule has 0 fully saturated rings. The molecule has 3 atom stereocenters. The number of carbonyl (C=O) groups is 1. The van der Waals surface area contributed by atoms with Crippen molar-refractivity contribution in [2.24, 2.45) is 4.99 Å². The predicted molar refractivity (Wildman–Crippen MR) is 62.5 cm³/mol. The van der Waals surface area contributed by atoms with Gasteiger partial charge in [-0.05, 0) is 11.1 Å². The van der Waals surface area contributed by atoms with Gasteiger partial charge in [0.25, 0.3) is 5.91 Å². The van der Waals surface area contributed by atoms with Crippen molar-refractivity contribution in [3.8, 4) is 0 Å². The molecular formula is C12H13N3O2. The Morgan fingerprint density at radius 1 is 1.41 bits per heavy atom. The van der Waals surface area contributed by atoms with Crippen molar-refractivity contribution < 1.29 is 9.90 Å². The SMILES string of the molecule is O=C1C=NC(N[C@@H]2c3ccccc3C[C@@H]2O)N1. The lowest BCUT2D eigenvalue weighted by atomic mass is 10.1. The molecule has 2 aliphatic rings. The first-order chi connectivity index (χ1) is 8.24. The monoisotopic (exact) mass is 231 g/mol. The fourth-order valence-electron chi connectivity index (χ4n) is 2.38. The van der Waals surface area contributed by atoms with E-state index in [0.29, 0.717) is 6.42 Å². The second-order valence-electron chi connectivity index (χ2n) is 4.30. The summed E-state index contributed by atoms with van der Waals surface area (Å²) in [7, 11) is 0. The van der Waals surface area contributed by atoms with Crippen LogP contribution in [0.15, 0.2) is 29.3 Å². The van der Waals surface area contributed by atoms with Crippen LogP contribution in [0.4, 0.5) is 0 Å². The second-order valence-corrected chi connectivity index (χ2v) is 4.30. The molecule has 0 saturated heterocycles. The number of rotatable bonds is 2. The van der Waals surface area contributed by atoms with E-state index in [1.807, 2.05) is 24.3 Å². The number of aliphatic hydroxyl groups excluding tert-OH is 1. The van der Waals surface area contributed by atoms with Crippen LogP contribution in [0.3, 0.4) is 0 Å². The largest absolute Gasteiger partial charge is 0.391 e. The van der Waals surface area contributed by atoms with Gasteiger partial charge < -0.3 is 10.4 Å². The molecule has 1 aromatic rings. The van der Waals surface area contributed by atoms with Crippen LogP contribution in [0.25, 0.3) is 0 Å². The van der Waals surface area contributed by atoms with E-state index in [9.17, 15) is 9.90 Å². The lowest BCUT2D eigenvalue weighted by Crippen LogP contribution is -2.43. The normalized spacial score (nSPS) is 30.4. The minimum absolute atomic E-state index is 0.174. The van der Waals surface area contributed by atoms with E-state index < -0.39 is 12.4 Å². The Kier molecular flexibility index (Phi) is 2.42. The molecule has 88 valence electrons. The Balaban J connectivity index is 1.79. The number of carbonyl (C=O) groups excluding carboxylic acids is 1. The fraction of sp³-hybridized carbons (Fsp3) is 0.333. The van der Waals surface area contributed by atoms with Crippen molar-refractivity contribution in [2.45, 2.75) is 24.9 Å². The quantitative estimate of drug-likeness (QED) is 0.655. The highest BCUT2D eigenvalue weighted by Gasteiger charge is 2.33. The molecule has 0 spiro atoms. The van der Waals surface area contributed by atoms with Crippen molar-refractivity contribution in [2.75, 3.05) is 0 Å². The Labute approximate surface area is 98.6 Å². The lowest BCUT2D eigenvalue weighted by Gasteiger charge is -2.21. The molecule has 0 radical (unpaired) electrons. The molecule has 1 amide bonds. The minimum Gasteiger partial charge on any atom is -0.391 e. The van der Waals surface area contributed by atoms with Crippen LogP contribution >= 0.6 is 0 Å². The van der Waals surface area contributed by atoms with Gasteiger partial charge in [0.2, 0.25) is 0 Å². The van der Waals surface area contributed by atoms with Crippen molar-refractivity contribution in [1.82, 2.24) is 10.6 Å². The fourth-order valence-corrected chi connectivity index (χ4v) is 2.38. The first-order valence-corrected chi connectivity index (χ1v) is 5.59. The van der Waals surface area contributed by atoms with Gasteiger partial charge in [0.05, 0.1) is 18.4 Å². The highest BCUT2D eigenvalue weighted by molar-refractivity contribution is 6.27. The van der Waals surface area contributed by atoms with Gasteiger partial charge in [-0.3, -0.25) is 10.1 Å². The van der Waals surface area contributed by atoms with Gasteiger partial charge in [-0.1, -0.05) is 24.3 Å². The van der Waals surface area contributed by atoms with E-state index >= 15 is 0 Å². The number of aliphatic hydroxyl groups is 1. The molecule has 0 saturated carbocycles. The maximum absolute atomic E-state index is 11.0. The molecule has 0 aromatic heterocycles. The topological polar surface area (TPSA) is 73.7 Å². The Morgan fingerprint density at radius 2 is 2.24 bits per heavy atom. The molecule has 1 unspecified atom stereocenters. The summed E-state index contributed by atoms with van der Waals surface area (Å²) in [5.74, 6) is -0.205. The highest BCUT2D eigenvalue weighted by Crippen LogP contribution is 2.31. The summed E-state index contributed by atoms with van der Waals surface area (Å²) in [5, 5.41) is 15.8. The number of fused-ring (bicyclic) bond motifs is 1. The van der Waals surface area contributed by atoms with Crippen LogP contribution in [0.2, 0.25) is 0 Å². The van der Waals surface area contributed by atoms with E-state index in [4.69, 9.17) is 0 Å². The van der Waals surface area contributed by atoms with Gasteiger partial charge in [-0.15, -0.1) is 0 Å². The van der Waals surface area contributed by atoms with E-state index in [1.54, 1.807) is 0 Å². The average molecular weight is 231 g/mol. The number of aliphatic imine (C=N–C) groups is 1. The van der Waals surface area contributed by atoms with Gasteiger partial charge in [0.1, 0.15) is 0 Å². The van der Waals surface area contributed by atoms with Gasteiger partial charge >= 0.3 is 0 Å². The molecule has 3 rings (SSSR count). The summed E-state index contributed by atoms with van der Waals surface area (Å²) in [6.45, 7) is 0. The summed E-state index contributed by atoms with van der Waals surface area (Å²) >= 11 is 0. The molecule has 17 heavy (non-hydrogen) atoms. The Bertz CT molecular complexity index is 486. The third kappa shape index (κ3) is 1.83. The number of amides is 1. The van der Waals surface area contributed by atoms with E-state index in [0.717, 1.165) is 11.1 Å². The van der Waals surface area contributed by atoms with Crippen LogP contribution in [0, 0.1) is 0 Å². The standard InChI is InChI=1S/C12H13N3O2/c16-9-5-7-3-1-2-4-8(7)11(9)15-12-13-6-10(17)14-12/h1-4,6,9,11-12,15-16H,5H2,(H,14,17)/t9-,11+,12?/m0/s1. The van der Waals surface area contributed by atoms with E-state index in [-0.39, 0.29) is 11.9 Å². The maximum Gasteiger partial charge on any atom is 0.264 e. The van der Waals surface area contributed by atoms with Crippen molar-refractivity contribution in [3.63, 3.8) is 0 Å². The maximum atomic E-state index is 11.0. The molecule has 1 aliphatic heterocycles. The van der Waals surface area contributed by atoms with Crippen LogP contribution < -0.4 is 10.6 Å². The van der Waals surface area contributed by atoms with Crippen molar-refractivity contribution >= 4 is 12.1 Å². The van der Waals surface area contributed by atoms with Gasteiger partial charge in [-0.25, -0.2) is 4.99 Å². The van der Waals surface area contributed by atoms with Gasteiger partial charge in [0, 0.05) is 6.42 Å². The smallest absolute Gasteiger partial charge is 0.264 e. The zero-order valence-electron chi connectivity index (χ0n) is 9.13. The summed E-state index contributed by atoms with van der Waals surface area (Å²) in [4.78, 5) is 15.0. The van der Waals surface area contributed by atoms with Gasteiger partial charge in [-0.2, -0.15) is 0 Å². The summed E-state index contributed by atoms with van der Waals surface area (Å²) in [5.41, 5.74) is 2.22. The summed E-state index contributed by atoms with van der Waals surface area (Å²) in [6, 6.07) is 7.73. The third-order valence-corrected chi connectivity index (χ3v) is 3.16. The zero-order chi connectivity index (χ0) is 11.8. The van der Waals surface area contributed by atoms with Crippen LogP contribution in [0.1, 0.15) is 17.2 Å². The second kappa shape index (κ2) is 3.94. The lowest BCUT2D eigenvalue weighted by molar-refractivity contribution is -0.114. The molecule has 5 heteroatoms. The number of hydrogen-bond donors (Lipinski definition) is 3. The zero-order valence-corrected chi connectivity index (χ0v) is 9.13. The van der Waals surface area contributed by atoms with Gasteiger partial charge in [0.15, 0.2) is 6.29 Å². The first-order valence-electron chi connectivity index (χ1n) is 5.59. The highest BCUT2D eigenvalue weighted by atomic mass is 16.3. The average Bonchev–Trinajstić information content (AvgIpc) is 2.85. The molecule has 1 heterocycles. The van der Waals surface area contributed by atoms with Crippen molar-refractivity contribution in [3.05, 3.63) is 35.4 Å². The summed E-state index contributed by atoms with van der Waals surface area (Å²) < 4.78 is 0. The summed E-state index contributed by atoms with van der Waals surface area (Å²) in [6.07, 6.45) is 0.983. The predicted octanol–water partition coefficient (Wildman–Crippen LogP) is -0.282. The van der Waals surface area contributed by atoms with E-state index in [2.05, 4.69) is 15.6 Å². The Morgan fingerprint density at radius 3 is 3.00 bits per heavy atom. The molecule has 1 aliphatic carbocycles. The number of nitrogens with zero attached hydrogens (tertiary/aromatic N) is 1. The molecular weight excluding hydrogens is 218 g/mol. The first kappa shape index (κ1) is 10.4. The van der Waals surface area contributed by atoms with Crippen LogP contribution in [-0.4, -0.2) is 29.6 Å². The number of hydrogen-bond acceptors (Lipinski definition) is 4. The van der Waals surface area contributed by atoms with Crippen molar-refractivity contribution in [1.29, 1.82) is 0 Å². The minimum atomic E-state index is -0.472. The molecule has 1 aromatic carbocycles. The molecule has 0 bridgehead atoms. The van der Waals surface area contributed by atoms with E-state index in [1.165, 1.54) is 6.21 Å².